The normalized spacial score (nSPS) is 11.1. The van der Waals surface area contributed by atoms with E-state index in [1.807, 2.05) is 0 Å². The molecule has 2 amide bonds. The Morgan fingerprint density at radius 1 is 1.00 bits per heavy atom. The van der Waals surface area contributed by atoms with Gasteiger partial charge in [-0.15, -0.1) is 0 Å². The predicted octanol–water partition coefficient (Wildman–Crippen LogP) is 4.80. The summed E-state index contributed by atoms with van der Waals surface area (Å²) < 4.78 is 51.6. The van der Waals surface area contributed by atoms with Crippen molar-refractivity contribution in [3.8, 4) is 0 Å². The zero-order valence-electron chi connectivity index (χ0n) is 11.5. The molecule has 2 rings (SSSR count). The van der Waals surface area contributed by atoms with Crippen LogP contribution < -0.4 is 10.6 Å². The Bertz CT molecular complexity index is 698. The molecule has 0 aliphatic rings. The van der Waals surface area contributed by atoms with Gasteiger partial charge in [-0.25, -0.2) is 9.18 Å². The average Bonchev–Trinajstić information content (AvgIpc) is 2.42. The lowest BCUT2D eigenvalue weighted by Crippen LogP contribution is -2.22. The predicted molar refractivity (Wildman–Crippen MR) is 75.2 cm³/mol. The number of anilines is 2. The first kappa shape index (κ1) is 15.8. The lowest BCUT2D eigenvalue weighted by Gasteiger charge is -2.14. The van der Waals surface area contributed by atoms with Gasteiger partial charge in [-0.1, -0.05) is 18.2 Å². The number of aryl methyl sites for hydroxylation is 1. The molecule has 0 aromatic heterocycles. The van der Waals surface area contributed by atoms with E-state index in [9.17, 15) is 22.4 Å². The minimum Gasteiger partial charge on any atom is -0.307 e. The van der Waals surface area contributed by atoms with Gasteiger partial charge in [0, 0.05) is 5.69 Å². The molecule has 3 nitrogen and oxygen atoms in total. The number of hydrogen-bond donors (Lipinski definition) is 2. The third-order valence-electron chi connectivity index (χ3n) is 2.93. The second-order valence-electron chi connectivity index (χ2n) is 4.58. The summed E-state index contributed by atoms with van der Waals surface area (Å²) in [6.07, 6.45) is -4.58. The molecule has 0 bridgehead atoms. The fourth-order valence-corrected chi connectivity index (χ4v) is 1.84. The average molecular weight is 312 g/mol. The monoisotopic (exact) mass is 312 g/mol. The molecular weight excluding hydrogens is 300 g/mol. The maximum atomic E-state index is 13.1. The van der Waals surface area contributed by atoms with Crippen LogP contribution in [0.15, 0.2) is 42.5 Å². The summed E-state index contributed by atoms with van der Waals surface area (Å²) in [6.45, 7) is 1.64. The topological polar surface area (TPSA) is 41.1 Å². The zero-order valence-corrected chi connectivity index (χ0v) is 11.5. The number of nitrogens with one attached hydrogen (secondary N) is 2. The maximum Gasteiger partial charge on any atom is 0.418 e. The van der Waals surface area contributed by atoms with Crippen molar-refractivity contribution >= 4 is 17.4 Å². The molecule has 0 atom stereocenters. The van der Waals surface area contributed by atoms with Crippen molar-refractivity contribution in [2.24, 2.45) is 0 Å². The van der Waals surface area contributed by atoms with Gasteiger partial charge in [-0.05, 0) is 36.8 Å². The highest BCUT2D eigenvalue weighted by Crippen LogP contribution is 2.34. The Balaban J connectivity index is 2.18. The highest BCUT2D eigenvalue weighted by atomic mass is 19.4. The molecule has 0 heterocycles. The van der Waals surface area contributed by atoms with Crippen molar-refractivity contribution in [2.75, 3.05) is 10.6 Å². The molecule has 0 aliphatic carbocycles. The van der Waals surface area contributed by atoms with Crippen molar-refractivity contribution < 1.29 is 22.4 Å². The molecule has 2 aromatic carbocycles. The molecule has 2 N–H and O–H groups in total. The summed E-state index contributed by atoms with van der Waals surface area (Å²) in [7, 11) is 0. The SMILES string of the molecule is Cc1ccc(F)cc1NC(=O)Nc1ccccc1C(F)(F)F. The molecule has 0 radical (unpaired) electrons. The van der Waals surface area contributed by atoms with Gasteiger partial charge in [-0.2, -0.15) is 13.2 Å². The minimum atomic E-state index is -4.58. The van der Waals surface area contributed by atoms with Crippen LogP contribution in [0.3, 0.4) is 0 Å². The van der Waals surface area contributed by atoms with E-state index in [-0.39, 0.29) is 11.4 Å². The smallest absolute Gasteiger partial charge is 0.307 e. The van der Waals surface area contributed by atoms with Crippen LogP contribution in [0.25, 0.3) is 0 Å². The van der Waals surface area contributed by atoms with Gasteiger partial charge in [0.1, 0.15) is 5.82 Å². The Morgan fingerprint density at radius 3 is 2.32 bits per heavy atom. The first-order chi connectivity index (χ1) is 10.3. The quantitative estimate of drug-likeness (QED) is 0.769. The molecule has 7 heteroatoms. The molecule has 0 aliphatic heterocycles. The third kappa shape index (κ3) is 3.75. The molecule has 0 saturated carbocycles. The van der Waals surface area contributed by atoms with Gasteiger partial charge in [0.15, 0.2) is 0 Å². The second kappa shape index (κ2) is 6.05. The minimum absolute atomic E-state index is 0.182. The number of carbonyl (C=O) groups excluding carboxylic acids is 1. The van der Waals surface area contributed by atoms with Gasteiger partial charge >= 0.3 is 12.2 Å². The largest absolute Gasteiger partial charge is 0.418 e. The number of rotatable bonds is 2. The third-order valence-corrected chi connectivity index (χ3v) is 2.93. The number of amides is 2. The number of halogens is 4. The number of hydrogen-bond acceptors (Lipinski definition) is 1. The molecule has 0 unspecified atom stereocenters. The van der Waals surface area contributed by atoms with Crippen LogP contribution in [0, 0.1) is 12.7 Å². The van der Waals surface area contributed by atoms with E-state index in [0.717, 1.165) is 18.2 Å². The van der Waals surface area contributed by atoms with E-state index in [4.69, 9.17) is 0 Å². The van der Waals surface area contributed by atoms with Crippen LogP contribution in [0.4, 0.5) is 33.7 Å². The Hall–Kier alpha value is -2.57. The van der Waals surface area contributed by atoms with Crippen LogP contribution in [-0.2, 0) is 6.18 Å². The summed E-state index contributed by atoms with van der Waals surface area (Å²) in [5.74, 6) is -0.559. The fraction of sp³-hybridized carbons (Fsp3) is 0.133. The van der Waals surface area contributed by atoms with E-state index >= 15 is 0 Å². The highest BCUT2D eigenvalue weighted by molar-refractivity contribution is 6.00. The lowest BCUT2D eigenvalue weighted by molar-refractivity contribution is -0.136. The van der Waals surface area contributed by atoms with Gasteiger partial charge in [0.25, 0.3) is 0 Å². The van der Waals surface area contributed by atoms with Gasteiger partial charge in [0.2, 0.25) is 0 Å². The van der Waals surface area contributed by atoms with Crippen molar-refractivity contribution in [1.29, 1.82) is 0 Å². The van der Waals surface area contributed by atoms with Crippen molar-refractivity contribution in [3.63, 3.8) is 0 Å². The number of para-hydroxylation sites is 1. The second-order valence-corrected chi connectivity index (χ2v) is 4.58. The van der Waals surface area contributed by atoms with Crippen molar-refractivity contribution in [3.05, 3.63) is 59.4 Å². The van der Waals surface area contributed by atoms with E-state index in [2.05, 4.69) is 10.6 Å². The Morgan fingerprint density at radius 2 is 1.64 bits per heavy atom. The lowest BCUT2D eigenvalue weighted by atomic mass is 10.1. The molecule has 22 heavy (non-hydrogen) atoms. The summed E-state index contributed by atoms with van der Waals surface area (Å²) in [5, 5.41) is 4.44. The number of carbonyl (C=O) groups is 1. The van der Waals surface area contributed by atoms with Crippen LogP contribution in [0.2, 0.25) is 0 Å². The highest BCUT2D eigenvalue weighted by Gasteiger charge is 2.33. The number of urea groups is 1. The van der Waals surface area contributed by atoms with E-state index in [1.54, 1.807) is 6.92 Å². The van der Waals surface area contributed by atoms with Gasteiger partial charge in [-0.3, -0.25) is 0 Å². The molecule has 0 spiro atoms. The molecule has 116 valence electrons. The summed E-state index contributed by atoms with van der Waals surface area (Å²) in [6, 6.07) is 7.48. The first-order valence-electron chi connectivity index (χ1n) is 6.28. The number of benzene rings is 2. The maximum absolute atomic E-state index is 13.1. The number of alkyl halides is 3. The van der Waals surface area contributed by atoms with Crippen LogP contribution in [-0.4, -0.2) is 6.03 Å². The van der Waals surface area contributed by atoms with E-state index in [0.29, 0.717) is 5.56 Å². The zero-order chi connectivity index (χ0) is 16.3. The summed E-state index contributed by atoms with van der Waals surface area (Å²) in [5.41, 5.74) is -0.565. The van der Waals surface area contributed by atoms with E-state index < -0.39 is 23.6 Å². The van der Waals surface area contributed by atoms with Gasteiger partial charge < -0.3 is 10.6 Å². The summed E-state index contributed by atoms with van der Waals surface area (Å²) in [4.78, 5) is 11.8. The fourth-order valence-electron chi connectivity index (χ4n) is 1.84. The van der Waals surface area contributed by atoms with Gasteiger partial charge in [0.05, 0.1) is 11.3 Å². The van der Waals surface area contributed by atoms with Crippen LogP contribution in [0.5, 0.6) is 0 Å². The standard InChI is InChI=1S/C15H12F4N2O/c1-9-6-7-10(16)8-13(9)21-14(22)20-12-5-3-2-4-11(12)15(17,18)19/h2-8H,1H3,(H2,20,21,22). The summed E-state index contributed by atoms with van der Waals surface area (Å²) >= 11 is 0. The van der Waals surface area contributed by atoms with Crippen LogP contribution in [0.1, 0.15) is 11.1 Å². The van der Waals surface area contributed by atoms with Crippen molar-refractivity contribution in [2.45, 2.75) is 13.1 Å². The first-order valence-corrected chi connectivity index (χ1v) is 6.28. The molecule has 0 fully saturated rings. The molecular formula is C15H12F4N2O. The molecule has 0 saturated heterocycles. The van der Waals surface area contributed by atoms with Crippen LogP contribution >= 0.6 is 0 Å². The Labute approximate surface area is 124 Å². The van der Waals surface area contributed by atoms with Crippen molar-refractivity contribution in [1.82, 2.24) is 0 Å². The Kier molecular flexibility index (Phi) is 4.35. The molecule has 2 aromatic rings. The van der Waals surface area contributed by atoms with E-state index in [1.165, 1.54) is 24.3 Å².